The number of rotatable bonds is 17. The van der Waals surface area contributed by atoms with Crippen molar-refractivity contribution in [3.8, 4) is 22.8 Å². The number of nitrogens with one attached hydrogen (secondary N) is 1. The molecular weight excluding hydrogens is 646 g/mol. The molecule has 2 unspecified atom stereocenters. The zero-order chi connectivity index (χ0) is 37.2. The molecule has 4 atom stereocenters. The Hall–Kier alpha value is -4.96. The highest BCUT2D eigenvalue weighted by Gasteiger charge is 2.59. The van der Waals surface area contributed by atoms with Crippen molar-refractivity contribution < 1.29 is 38.2 Å². The Kier molecular flexibility index (Phi) is 13.2. The third-order valence-electron chi connectivity index (χ3n) is 9.57. The summed E-state index contributed by atoms with van der Waals surface area (Å²) in [6.45, 7) is 17.1. The monoisotopic (exact) mass is 698 g/mol. The zero-order valence-corrected chi connectivity index (χ0v) is 30.4. The smallest absolute Gasteiger partial charge is 0.496 e. The van der Waals surface area contributed by atoms with Gasteiger partial charge >= 0.3 is 18.1 Å². The molecule has 1 saturated heterocycles. The Morgan fingerprint density at radius 3 is 2.45 bits per heavy atom. The number of fused-ring (bicyclic) bond motifs is 1. The molecule has 0 aliphatic carbocycles. The summed E-state index contributed by atoms with van der Waals surface area (Å²) in [7, 11) is 1.58. The second-order valence-electron chi connectivity index (χ2n) is 14.0. The molecule has 3 amide bonds. The van der Waals surface area contributed by atoms with E-state index in [1.165, 1.54) is 0 Å². The van der Waals surface area contributed by atoms with Crippen LogP contribution in [-0.4, -0.2) is 71.1 Å². The van der Waals surface area contributed by atoms with Gasteiger partial charge in [0.05, 0.1) is 24.9 Å². The van der Waals surface area contributed by atoms with Crippen LogP contribution < -0.4 is 14.8 Å². The summed E-state index contributed by atoms with van der Waals surface area (Å²) in [5.74, 6) is 0.506. The highest BCUT2D eigenvalue weighted by molar-refractivity contribution is 5.91. The number of quaternary nitrogens is 1. The second kappa shape index (κ2) is 17.3. The van der Waals surface area contributed by atoms with Gasteiger partial charge in [-0.3, -0.25) is 0 Å². The molecule has 1 fully saturated rings. The van der Waals surface area contributed by atoms with Crippen LogP contribution in [0.3, 0.4) is 0 Å². The Labute approximate surface area is 301 Å². The molecule has 0 bridgehead atoms. The lowest BCUT2D eigenvalue weighted by Crippen LogP contribution is -2.65. The fourth-order valence-electron chi connectivity index (χ4n) is 6.74. The molecule has 2 aromatic carbocycles. The highest BCUT2D eigenvalue weighted by atomic mass is 16.5. The lowest BCUT2D eigenvalue weighted by Gasteiger charge is -2.33. The number of imide groups is 1. The van der Waals surface area contributed by atoms with Crippen molar-refractivity contribution in [1.29, 1.82) is 0 Å². The predicted molar refractivity (Wildman–Crippen MR) is 201 cm³/mol. The van der Waals surface area contributed by atoms with Crippen LogP contribution in [0.4, 0.5) is 9.59 Å². The van der Waals surface area contributed by atoms with E-state index in [9.17, 15) is 19.5 Å². The van der Waals surface area contributed by atoms with Crippen molar-refractivity contribution in [2.45, 2.75) is 83.9 Å². The van der Waals surface area contributed by atoms with Gasteiger partial charge in [-0.05, 0) is 38.7 Å². The normalized spacial score (nSPS) is 19.1. The molecular formula is C41H52N3O7+. The fraction of sp³-hybridized carbons (Fsp3) is 0.415. The molecule has 2 heterocycles. The Morgan fingerprint density at radius 2 is 1.80 bits per heavy atom. The number of aromatic nitrogens is 1. The number of hydrogen-bond acceptors (Lipinski definition) is 7. The largest absolute Gasteiger partial charge is 0.521 e. The van der Waals surface area contributed by atoms with Gasteiger partial charge < -0.3 is 24.6 Å². The summed E-state index contributed by atoms with van der Waals surface area (Å²) in [4.78, 5) is 45.7. The number of unbranched alkanes of at least 4 members (excludes halogenated alkanes) is 3. The molecule has 10 heteroatoms. The lowest BCUT2D eigenvalue weighted by atomic mass is 9.91. The zero-order valence-electron chi connectivity index (χ0n) is 30.4. The third-order valence-corrected chi connectivity index (χ3v) is 9.57. The van der Waals surface area contributed by atoms with Crippen molar-refractivity contribution in [2.24, 2.45) is 5.41 Å². The maximum Gasteiger partial charge on any atom is 0.521 e. The van der Waals surface area contributed by atoms with Gasteiger partial charge in [-0.2, -0.15) is 9.28 Å². The second-order valence-corrected chi connectivity index (χ2v) is 14.0. The molecule has 1 aliphatic heterocycles. The molecule has 4 rings (SSSR count). The number of methoxy groups -OCH3 is 1. The van der Waals surface area contributed by atoms with E-state index in [1.54, 1.807) is 26.2 Å². The van der Waals surface area contributed by atoms with Crippen LogP contribution in [0.2, 0.25) is 0 Å². The number of amides is 3. The van der Waals surface area contributed by atoms with Gasteiger partial charge in [-0.1, -0.05) is 81.8 Å². The SMILES string of the molecule is C=CCCCCC[C@H](NC(=O)OCC(C)(C)CC=C)C(=O)[N+]1(C(=O)O)C[C@H](Oc2cc(-c3ccccc3)nc3cc(OC)c(C=C)cc23)CC1C. The molecule has 2 N–H and O–H groups in total. The first kappa shape index (κ1) is 38.8. The van der Waals surface area contributed by atoms with Crippen LogP contribution in [0.5, 0.6) is 11.5 Å². The summed E-state index contributed by atoms with van der Waals surface area (Å²) in [5, 5.41) is 14.2. The number of nitrogens with zero attached hydrogens (tertiary/aromatic N) is 2. The van der Waals surface area contributed by atoms with Crippen LogP contribution in [0.1, 0.15) is 71.3 Å². The van der Waals surface area contributed by atoms with Crippen molar-refractivity contribution in [3.63, 3.8) is 0 Å². The molecule has 1 aromatic heterocycles. The minimum Gasteiger partial charge on any atom is -0.496 e. The number of likely N-dealkylation sites (tertiary alicyclic amines) is 1. The molecule has 0 saturated carbocycles. The van der Waals surface area contributed by atoms with Gasteiger partial charge in [-0.25, -0.2) is 14.6 Å². The van der Waals surface area contributed by atoms with Crippen molar-refractivity contribution in [3.05, 3.63) is 86.0 Å². The Morgan fingerprint density at radius 1 is 1.06 bits per heavy atom. The predicted octanol–water partition coefficient (Wildman–Crippen LogP) is 8.95. The minimum absolute atomic E-state index is 0.112. The molecule has 272 valence electrons. The lowest BCUT2D eigenvalue weighted by molar-refractivity contribution is -0.794. The van der Waals surface area contributed by atoms with E-state index in [4.69, 9.17) is 19.2 Å². The summed E-state index contributed by atoms with van der Waals surface area (Å²) < 4.78 is 16.9. The summed E-state index contributed by atoms with van der Waals surface area (Å²) in [6, 6.07) is 13.5. The molecule has 1 aliphatic rings. The van der Waals surface area contributed by atoms with E-state index in [-0.39, 0.29) is 25.0 Å². The highest BCUT2D eigenvalue weighted by Crippen LogP contribution is 2.38. The van der Waals surface area contributed by atoms with Crippen molar-refractivity contribution >= 4 is 35.1 Å². The van der Waals surface area contributed by atoms with Crippen LogP contribution in [0.15, 0.2) is 80.4 Å². The number of allylic oxidation sites excluding steroid dienone is 2. The summed E-state index contributed by atoms with van der Waals surface area (Å²) >= 11 is 0. The third kappa shape index (κ3) is 9.24. The number of carbonyl (C=O) groups excluding carboxylic acids is 2. The van der Waals surface area contributed by atoms with Crippen molar-refractivity contribution in [1.82, 2.24) is 10.3 Å². The summed E-state index contributed by atoms with van der Waals surface area (Å²) in [5.41, 5.74) is 2.58. The summed E-state index contributed by atoms with van der Waals surface area (Å²) in [6.07, 6.45) is 6.90. The van der Waals surface area contributed by atoms with Gasteiger partial charge in [-0.15, -0.1) is 13.2 Å². The number of carbonyl (C=O) groups is 3. The van der Waals surface area contributed by atoms with E-state index >= 15 is 0 Å². The van der Waals surface area contributed by atoms with Crippen LogP contribution in [-0.2, 0) is 9.53 Å². The van der Waals surface area contributed by atoms with E-state index in [0.717, 1.165) is 30.4 Å². The van der Waals surface area contributed by atoms with Gasteiger partial charge in [0.2, 0.25) is 0 Å². The van der Waals surface area contributed by atoms with Gasteiger partial charge in [0, 0.05) is 40.5 Å². The van der Waals surface area contributed by atoms with E-state index in [0.29, 0.717) is 47.4 Å². The van der Waals surface area contributed by atoms with Crippen molar-refractivity contribution in [2.75, 3.05) is 20.3 Å². The number of alkyl carbamates (subject to hydrolysis) is 1. The van der Waals surface area contributed by atoms with Crippen LogP contribution in [0.25, 0.3) is 28.2 Å². The molecule has 0 radical (unpaired) electrons. The van der Waals surface area contributed by atoms with E-state index in [1.807, 2.05) is 68.5 Å². The quantitative estimate of drug-likeness (QED) is 0.0814. The Bertz CT molecular complexity index is 1740. The van der Waals surface area contributed by atoms with Crippen LogP contribution in [0, 0.1) is 5.41 Å². The van der Waals surface area contributed by atoms with Gasteiger partial charge in [0.25, 0.3) is 0 Å². The number of ether oxygens (including phenoxy) is 3. The Balaban J connectivity index is 1.66. The van der Waals surface area contributed by atoms with E-state index < -0.39 is 40.8 Å². The first-order valence-corrected chi connectivity index (χ1v) is 17.6. The standard InChI is InChI=1S/C41H51N3O7/c1-8-11-12-13-17-20-33(43-39(46)50-27-41(5,6)21-9-2)38(45)44(40(47)48)26-31(22-28(44)4)51-37-24-34(30-18-15-14-16-19-30)42-35-25-36(49-7)29(10-3)23-32(35)37/h8-10,14-16,18-19,23-25,28,31,33H,1-3,11-13,17,20-22,26-27H2,4-7H3,(H-,43,46,47,48)/p+1/t28?,31-,33+,44?/m1/s1. The first-order valence-electron chi connectivity index (χ1n) is 17.6. The molecule has 0 spiro atoms. The number of carboxylic acid groups (broad SMARTS) is 1. The maximum absolute atomic E-state index is 14.5. The van der Waals surface area contributed by atoms with Gasteiger partial charge in [0.1, 0.15) is 30.1 Å². The number of hydrogen-bond donors (Lipinski definition) is 2. The topological polar surface area (TPSA) is 124 Å². The number of benzene rings is 2. The molecule has 3 aromatic rings. The average Bonchev–Trinajstić information content (AvgIpc) is 3.45. The van der Waals surface area contributed by atoms with Gasteiger partial charge in [0.15, 0.2) is 6.10 Å². The number of pyridine rings is 1. The van der Waals surface area contributed by atoms with Crippen LogP contribution >= 0.6 is 0 Å². The first-order chi connectivity index (χ1) is 24.4. The average molecular weight is 699 g/mol. The molecule has 51 heavy (non-hydrogen) atoms. The fourth-order valence-corrected chi connectivity index (χ4v) is 6.74. The van der Waals surface area contributed by atoms with E-state index in [2.05, 4.69) is 25.1 Å². The molecule has 10 nitrogen and oxygen atoms in total. The minimum atomic E-state index is -1.29. The maximum atomic E-state index is 14.5.